The van der Waals surface area contributed by atoms with Crippen molar-refractivity contribution >= 4 is 5.91 Å². The minimum atomic E-state index is -0.386. The van der Waals surface area contributed by atoms with Crippen molar-refractivity contribution in [2.24, 2.45) is 0 Å². The highest BCUT2D eigenvalue weighted by Gasteiger charge is 2.28. The Balaban J connectivity index is 0.000000893. The lowest BCUT2D eigenvalue weighted by molar-refractivity contribution is -0.119. The summed E-state index contributed by atoms with van der Waals surface area (Å²) in [6, 6.07) is 4.62. The second-order valence-corrected chi connectivity index (χ2v) is 9.18. The molecule has 2 aliphatic heterocycles. The van der Waals surface area contributed by atoms with Gasteiger partial charge in [0.05, 0.1) is 13.3 Å². The Kier molecular flexibility index (Phi) is 19.5. The second kappa shape index (κ2) is 20.8. The van der Waals surface area contributed by atoms with Gasteiger partial charge >= 0.3 is 0 Å². The van der Waals surface area contributed by atoms with E-state index in [1.165, 1.54) is 16.7 Å². The van der Waals surface area contributed by atoms with E-state index in [2.05, 4.69) is 61.3 Å². The number of ether oxygens (including phenoxy) is 1. The van der Waals surface area contributed by atoms with Crippen molar-refractivity contribution in [2.45, 2.75) is 72.1 Å². The van der Waals surface area contributed by atoms with Crippen molar-refractivity contribution < 1.29 is 19.0 Å². The largest absolute Gasteiger partial charge is 0.496 e. The van der Waals surface area contributed by atoms with Crippen molar-refractivity contribution in [3.8, 4) is 5.75 Å². The van der Waals surface area contributed by atoms with E-state index < -0.39 is 0 Å². The molecule has 3 rings (SSSR count). The van der Waals surface area contributed by atoms with E-state index in [1.807, 2.05) is 19.1 Å². The predicted molar refractivity (Wildman–Crippen MR) is 153 cm³/mol. The maximum Gasteiger partial charge on any atom is 0.220 e. The third-order valence-corrected chi connectivity index (χ3v) is 6.43. The lowest BCUT2D eigenvalue weighted by Crippen LogP contribution is -2.38. The normalized spacial score (nSPS) is 18.9. The zero-order valence-corrected chi connectivity index (χ0v) is 24.1. The number of hydrogen-bond donors (Lipinski definition) is 4. The Morgan fingerprint density at radius 2 is 1.97 bits per heavy atom. The number of alkyl halides is 1. The fourth-order valence-electron chi connectivity index (χ4n) is 3.95. The van der Waals surface area contributed by atoms with E-state index in [4.69, 9.17) is 9.84 Å². The molecule has 2 saturated heterocycles. The summed E-state index contributed by atoms with van der Waals surface area (Å²) in [4.78, 5) is 12.5. The highest BCUT2D eigenvalue weighted by molar-refractivity contribution is 5.77. The van der Waals surface area contributed by atoms with Gasteiger partial charge in [0.25, 0.3) is 0 Å². The molecule has 1 amide bonds. The van der Waals surface area contributed by atoms with Crippen LogP contribution in [0.3, 0.4) is 0 Å². The van der Waals surface area contributed by atoms with E-state index in [-0.39, 0.29) is 12.6 Å². The van der Waals surface area contributed by atoms with E-state index in [0.717, 1.165) is 70.3 Å². The summed E-state index contributed by atoms with van der Waals surface area (Å²) < 4.78 is 17.7. The summed E-state index contributed by atoms with van der Waals surface area (Å²) in [6.07, 6.45) is 7.76. The molecule has 2 atom stereocenters. The first kappa shape index (κ1) is 34.7. The Morgan fingerprint density at radius 3 is 2.46 bits per heavy atom. The molecule has 2 aliphatic rings. The van der Waals surface area contributed by atoms with Gasteiger partial charge in [-0.15, -0.1) is 6.58 Å². The van der Waals surface area contributed by atoms with E-state index in [0.29, 0.717) is 12.2 Å². The molecule has 0 aliphatic carbocycles. The summed E-state index contributed by atoms with van der Waals surface area (Å²) >= 11 is 0. The molecule has 4 N–H and O–H groups in total. The molecule has 212 valence electrons. The molecule has 1 aromatic carbocycles. The number of likely N-dealkylation sites (tertiary alicyclic amines) is 1. The average Bonchev–Trinajstić information content (AvgIpc) is 3.53. The summed E-state index contributed by atoms with van der Waals surface area (Å²) in [5, 5.41) is 16.9. The second-order valence-electron chi connectivity index (χ2n) is 9.18. The lowest BCUT2D eigenvalue weighted by atomic mass is 10.0. The van der Waals surface area contributed by atoms with Gasteiger partial charge in [-0.2, -0.15) is 0 Å². The molecule has 0 spiro atoms. The Morgan fingerprint density at radius 1 is 1.30 bits per heavy atom. The maximum absolute atomic E-state index is 12.3. The summed E-state index contributed by atoms with van der Waals surface area (Å²) in [7, 11) is 4.86. The van der Waals surface area contributed by atoms with Crippen LogP contribution in [-0.2, 0) is 11.3 Å². The van der Waals surface area contributed by atoms with Gasteiger partial charge < -0.3 is 20.5 Å². The van der Waals surface area contributed by atoms with Crippen LogP contribution in [0.15, 0.2) is 36.4 Å². The Hall–Kier alpha value is -2.26. The van der Waals surface area contributed by atoms with Crippen LogP contribution in [0.25, 0.3) is 0 Å². The zero-order chi connectivity index (χ0) is 28.2. The number of nitrogens with zero attached hydrogens (tertiary/aromatic N) is 1. The number of benzene rings is 1. The molecule has 0 saturated carbocycles. The van der Waals surface area contributed by atoms with Crippen LogP contribution in [0.5, 0.6) is 5.75 Å². The molecule has 2 fully saturated rings. The number of carbonyl (C=O) groups excluding carboxylic acids is 1. The number of rotatable bonds is 9. The van der Waals surface area contributed by atoms with Crippen LogP contribution >= 0.6 is 0 Å². The average molecular weight is 523 g/mol. The van der Waals surface area contributed by atoms with Crippen LogP contribution < -0.4 is 20.7 Å². The molecule has 37 heavy (non-hydrogen) atoms. The predicted octanol–water partition coefficient (Wildman–Crippen LogP) is 4.02. The van der Waals surface area contributed by atoms with Crippen LogP contribution in [-0.4, -0.2) is 75.7 Å². The molecular weight excluding hydrogens is 471 g/mol. The van der Waals surface area contributed by atoms with E-state index in [9.17, 15) is 9.18 Å². The first-order valence-electron chi connectivity index (χ1n) is 13.1. The topological polar surface area (TPSA) is 85.9 Å². The van der Waals surface area contributed by atoms with Gasteiger partial charge in [0, 0.05) is 45.8 Å². The molecule has 2 heterocycles. The number of aliphatic hydroxyl groups excluding tert-OH is 1. The number of amides is 1. The van der Waals surface area contributed by atoms with Crippen molar-refractivity contribution in [1.82, 2.24) is 20.9 Å². The third-order valence-electron chi connectivity index (χ3n) is 6.43. The van der Waals surface area contributed by atoms with Crippen LogP contribution in [0.2, 0.25) is 0 Å². The number of hydrogen-bond acceptors (Lipinski definition) is 6. The Bertz CT molecular complexity index is 809. The number of carbonyl (C=O) groups is 1. The number of allylic oxidation sites excluding steroid dienone is 2. The minimum Gasteiger partial charge on any atom is -0.496 e. The minimum absolute atomic E-state index is 0.204. The van der Waals surface area contributed by atoms with Crippen LogP contribution in [0.4, 0.5) is 4.39 Å². The van der Waals surface area contributed by atoms with Gasteiger partial charge in [-0.05, 0) is 69.8 Å². The quantitative estimate of drug-likeness (QED) is 0.367. The number of nitrogens with one attached hydrogen (secondary N) is 3. The molecule has 0 bridgehead atoms. The highest BCUT2D eigenvalue weighted by Crippen LogP contribution is 2.24. The molecule has 1 aromatic rings. The molecule has 0 aromatic heterocycles. The summed E-state index contributed by atoms with van der Waals surface area (Å²) in [5.41, 5.74) is 4.86. The molecular formula is C29H51FN4O3. The first-order valence-corrected chi connectivity index (χ1v) is 13.1. The molecule has 0 radical (unpaired) electrons. The van der Waals surface area contributed by atoms with E-state index >= 15 is 0 Å². The van der Waals surface area contributed by atoms with Crippen molar-refractivity contribution in [2.75, 3.05) is 47.6 Å². The highest BCUT2D eigenvalue weighted by atomic mass is 19.1. The van der Waals surface area contributed by atoms with Crippen LogP contribution in [0.1, 0.15) is 56.2 Å². The van der Waals surface area contributed by atoms with Gasteiger partial charge in [-0.25, -0.2) is 4.39 Å². The third kappa shape index (κ3) is 13.7. The van der Waals surface area contributed by atoms with Gasteiger partial charge in [-0.3, -0.25) is 15.0 Å². The maximum atomic E-state index is 12.3. The zero-order valence-electron chi connectivity index (χ0n) is 24.1. The number of methoxy groups -OCH3 is 1. The fraction of sp³-hybridized carbons (Fsp3) is 0.621. The van der Waals surface area contributed by atoms with Crippen LogP contribution in [0, 0.1) is 13.8 Å². The van der Waals surface area contributed by atoms with Gasteiger partial charge in [0.1, 0.15) is 12.4 Å². The van der Waals surface area contributed by atoms with E-state index in [1.54, 1.807) is 13.2 Å². The first-order chi connectivity index (χ1) is 17.8. The number of aliphatic hydroxyl groups is 1. The standard InChI is InChI=1S/C20H32FN3O.C4H7NO.C4H8.CH4O/c1-14(8-9-21)11-22-18-10-20(24(4)13-18)23-12-17-6-7-19(25-5)16(3)15(17)2;6-4-2-1-3-5-4;1-3-4-2;1-2/h6-8,18,20,22-23H,9-13H2,1-5H3;1-3H2,(H,5,6);3H,1,4H2,2H3;2H,1H3/b14-8+;;;. The van der Waals surface area contributed by atoms with Gasteiger partial charge in [-0.1, -0.05) is 30.7 Å². The monoisotopic (exact) mass is 522 g/mol. The fourth-order valence-corrected chi connectivity index (χ4v) is 3.95. The number of likely N-dealkylation sites (N-methyl/N-ethyl adjacent to an activating group) is 1. The summed E-state index contributed by atoms with van der Waals surface area (Å²) in [6.45, 7) is 14.9. The van der Waals surface area contributed by atoms with Crippen molar-refractivity contribution in [3.63, 3.8) is 0 Å². The molecule has 2 unspecified atom stereocenters. The number of halogens is 1. The molecule has 8 heteroatoms. The van der Waals surface area contributed by atoms with Crippen molar-refractivity contribution in [3.05, 3.63) is 53.1 Å². The van der Waals surface area contributed by atoms with Gasteiger partial charge in [0.2, 0.25) is 5.91 Å². The van der Waals surface area contributed by atoms with Crippen molar-refractivity contribution in [1.29, 1.82) is 0 Å². The van der Waals surface area contributed by atoms with Gasteiger partial charge in [0.15, 0.2) is 0 Å². The Labute approximate surface area is 224 Å². The smallest absolute Gasteiger partial charge is 0.220 e. The lowest BCUT2D eigenvalue weighted by Gasteiger charge is -2.21. The summed E-state index contributed by atoms with van der Waals surface area (Å²) in [5.74, 6) is 1.15. The molecule has 7 nitrogen and oxygen atoms in total. The SMILES string of the molecule is C=CCC.CO.COc1ccc(CNC2CC(NC/C(C)=C/CF)CN2C)c(C)c1C.O=C1CCCN1.